The van der Waals surface area contributed by atoms with E-state index in [4.69, 9.17) is 0 Å². The van der Waals surface area contributed by atoms with Crippen LogP contribution in [0.25, 0.3) is 44.5 Å². The van der Waals surface area contributed by atoms with Crippen molar-refractivity contribution in [1.82, 2.24) is 0 Å². The van der Waals surface area contributed by atoms with Crippen LogP contribution >= 0.6 is 0 Å². The molecule has 25 nitrogen and oxygen atoms in total. The molecule has 404 valence electrons. The van der Waals surface area contributed by atoms with Crippen LogP contribution in [0.1, 0.15) is 27.0 Å². The number of azo groups is 2. The van der Waals surface area contributed by atoms with Crippen molar-refractivity contribution in [2.24, 2.45) is 30.7 Å². The number of rotatable bonds is 13. The molecular weight excluding hydrogens is 1260 g/mol. The Bertz CT molecular complexity index is 4930. The van der Waals surface area contributed by atoms with Crippen LogP contribution in [0.5, 0.6) is 0 Å². The molecule has 8 aromatic rings. The average molecular weight is 1290 g/mol. The van der Waals surface area contributed by atoms with E-state index in [-0.39, 0.29) is 231 Å². The van der Waals surface area contributed by atoms with Crippen LogP contribution in [-0.2, 0) is 55.4 Å². The van der Waals surface area contributed by atoms with Gasteiger partial charge in [-0.1, -0.05) is 60.7 Å². The molecule has 0 atom stereocenters. The van der Waals surface area contributed by atoms with Crippen molar-refractivity contribution in [3.05, 3.63) is 167 Å². The van der Waals surface area contributed by atoms with E-state index in [0.29, 0.717) is 10.8 Å². The smallest absolute Gasteiger partial charge is 0.744 e. The summed E-state index contributed by atoms with van der Waals surface area (Å²) in [6, 6.07) is 27.5. The van der Waals surface area contributed by atoms with E-state index in [1.54, 1.807) is 24.3 Å². The molecule has 2 N–H and O–H groups in total. The number of carbonyl (C=O) groups excluding carboxylic acids is 2. The van der Waals surface area contributed by atoms with Gasteiger partial charge in [0.2, 0.25) is 11.6 Å². The molecule has 0 saturated heterocycles. The molecule has 85 heavy (non-hydrogen) atoms. The fourth-order valence-electron chi connectivity index (χ4n) is 8.58. The molecule has 0 radical (unpaired) electrons. The molecule has 0 amide bonds. The second-order valence-electron chi connectivity index (χ2n) is 17.2. The summed E-state index contributed by atoms with van der Waals surface area (Å²) < 4.78 is 182. The first-order valence-electron chi connectivity index (χ1n) is 22.4. The maximum atomic E-state index is 14.1. The molecule has 0 heterocycles. The van der Waals surface area contributed by atoms with Crippen molar-refractivity contribution in [1.29, 1.82) is 0 Å². The summed E-state index contributed by atoms with van der Waals surface area (Å²) >= 11 is 0. The van der Waals surface area contributed by atoms with Gasteiger partial charge in [0.25, 0.3) is 0 Å². The Morgan fingerprint density at radius 2 is 0.941 bits per heavy atom. The Labute approximate surface area is 593 Å². The third-order valence-electron chi connectivity index (χ3n) is 12.2. The molecule has 0 aliphatic heterocycles. The van der Waals surface area contributed by atoms with Crippen LogP contribution in [-0.4, -0.2) is 87.8 Å². The van der Waals surface area contributed by atoms with Crippen molar-refractivity contribution >= 4 is 152 Å². The number of Topliss-reactive ketones (excluding diaryl/α,β-unsaturated/α-hetero) is 1. The second-order valence-corrected chi connectivity index (χ2v) is 24.0. The van der Waals surface area contributed by atoms with Crippen LogP contribution in [0.3, 0.4) is 0 Å². The van der Waals surface area contributed by atoms with E-state index in [1.807, 2.05) is 0 Å². The van der Waals surface area contributed by atoms with E-state index in [2.05, 4.69) is 41.5 Å². The minimum absolute atomic E-state index is 0. The first-order chi connectivity index (χ1) is 37.6. The molecule has 0 aromatic heterocycles. The molecule has 2 aliphatic rings. The number of hydrazone groups is 2. The van der Waals surface area contributed by atoms with E-state index in [0.717, 1.165) is 66.7 Å². The molecule has 35 heteroatoms. The minimum Gasteiger partial charge on any atom is -0.744 e. The Morgan fingerprint density at radius 3 is 1.54 bits per heavy atom. The van der Waals surface area contributed by atoms with Crippen molar-refractivity contribution in [3.8, 4) is 0 Å². The Morgan fingerprint density at radius 1 is 0.388 bits per heavy atom. The van der Waals surface area contributed by atoms with E-state index in [1.165, 1.54) is 60.7 Å². The van der Waals surface area contributed by atoms with Gasteiger partial charge in [-0.25, -0.2) is 42.1 Å². The zero-order valence-electron chi connectivity index (χ0n) is 44.6. The van der Waals surface area contributed by atoms with Crippen LogP contribution in [0.2, 0.25) is 0 Å². The number of fused-ring (bicyclic) bond motifs is 5. The predicted molar refractivity (Wildman–Crippen MR) is 282 cm³/mol. The summed E-state index contributed by atoms with van der Waals surface area (Å²) in [6.07, 6.45) is 3.28. The Hall–Kier alpha value is -3.95. The van der Waals surface area contributed by atoms with E-state index >= 15 is 0 Å². The number of hydrogen-bond acceptors (Lipinski definition) is 25. The van der Waals surface area contributed by atoms with Crippen molar-refractivity contribution in [3.63, 3.8) is 0 Å². The molecule has 0 saturated carbocycles. The summed E-state index contributed by atoms with van der Waals surface area (Å²) in [5.41, 5.74) is 4.19. The number of nitrogens with zero attached hydrogens (tertiary/aromatic N) is 6. The topological polar surface area (TPSA) is 418 Å². The number of anilines is 2. The summed E-state index contributed by atoms with van der Waals surface area (Å²) in [4.78, 5) is 23.0. The van der Waals surface area contributed by atoms with Crippen LogP contribution < -0.4 is 159 Å². The number of hydrogen-bond donors (Lipinski definition) is 2. The largest absolute Gasteiger partial charge is 1.00 e. The standard InChI is InChI=1S/C50H32N8O17S5.5Na/c59-44-19-9-26-20-30(76(61,62)63)11-13-32(26)48(44)57-51-28-10-8-27-21-47(80(73,74)75)49(50(60)37(27)22-28)58-56-43-18-17-42(35-14-12-31(25-38(35)43)77(64,65)66)55-54-41-16-15-40(33-4-1-2-5-34(33)41)53-52-29-23-39-36(46(24-29)79(70,71)72)6-3-7-45(39)78(67,68)69;;;;;/h1-25,51,56H,(H,61,62,63)(H,64,65,66)(H,67,68,69)(H,70,71,72)(H,73,74,75);;;;;/q;5*+1/p-5/b53-52?,55-54?,57-48+,58-49-;;;;;. The maximum Gasteiger partial charge on any atom is 1.00 e. The Kier molecular flexibility index (Phi) is 23.5. The molecule has 8 aromatic carbocycles. The first kappa shape index (κ1) is 71.8. The minimum atomic E-state index is -5.44. The SMILES string of the molecule is O=C1C=Cc2cc(S(=O)(=O)[O-])ccc2/C1=N\Nc1ccc2c(c1)C(=O)/C(=N\Nc1ccc(N=Nc3ccc(N=Nc4cc(S(=O)(=O)[O-])c5cccc(S(=O)(=O)[O-])c5c4)c4ccccc34)c3ccc(S(=O)(=O)[O-])cc13)C(S(=O)(=O)[O-])=C2.[Na+].[Na+].[Na+].[Na+].[Na+]. The van der Waals surface area contributed by atoms with Gasteiger partial charge in [0, 0.05) is 43.4 Å². The number of nitrogens with one attached hydrogen (secondary N) is 2. The van der Waals surface area contributed by atoms with Crippen LogP contribution in [0, 0.1) is 0 Å². The molecular formula is C50H27N8Na5O17S5. The Balaban J connectivity index is 0.00000264. The zero-order chi connectivity index (χ0) is 57.3. The van der Waals surface area contributed by atoms with E-state index < -0.39 is 92.4 Å². The first-order valence-corrected chi connectivity index (χ1v) is 29.4. The molecule has 0 spiro atoms. The molecule has 0 unspecified atom stereocenters. The summed E-state index contributed by atoms with van der Waals surface area (Å²) in [7, 11) is -25.8. The van der Waals surface area contributed by atoms with Crippen LogP contribution in [0.4, 0.5) is 34.1 Å². The number of ketones is 2. The molecule has 0 bridgehead atoms. The monoisotopic (exact) mass is 1290 g/mol. The average Bonchev–Trinajstić information content (AvgIpc) is 3.61. The third kappa shape index (κ3) is 15.6. The van der Waals surface area contributed by atoms with Gasteiger partial charge in [0.1, 0.15) is 62.0 Å². The van der Waals surface area contributed by atoms with Gasteiger partial charge in [-0.2, -0.15) is 15.3 Å². The molecule has 0 fully saturated rings. The molecule has 2 aliphatic carbocycles. The zero-order valence-corrected chi connectivity index (χ0v) is 58.7. The van der Waals surface area contributed by atoms with Crippen LogP contribution in [0.15, 0.2) is 195 Å². The number of carbonyl (C=O) groups is 2. The van der Waals surface area contributed by atoms with Gasteiger partial charge in [-0.3, -0.25) is 20.4 Å². The van der Waals surface area contributed by atoms with Gasteiger partial charge in [0.05, 0.1) is 58.6 Å². The van der Waals surface area contributed by atoms with Crippen molar-refractivity contribution < 1.29 is 222 Å². The van der Waals surface area contributed by atoms with Gasteiger partial charge >= 0.3 is 148 Å². The summed E-state index contributed by atoms with van der Waals surface area (Å²) in [5, 5.41) is 25.4. The van der Waals surface area contributed by atoms with Gasteiger partial charge in [0.15, 0.2) is 0 Å². The summed E-state index contributed by atoms with van der Waals surface area (Å²) in [5.74, 6) is -1.71. The predicted octanol–water partition coefficient (Wildman–Crippen LogP) is -7.42. The fraction of sp³-hybridized carbons (Fsp3) is 0. The number of benzene rings is 8. The molecule has 10 rings (SSSR count). The fourth-order valence-corrected chi connectivity index (χ4v) is 11.6. The normalized spacial score (nSPS) is 14.4. The maximum absolute atomic E-state index is 14.1. The third-order valence-corrected chi connectivity index (χ3v) is 16.5. The quantitative estimate of drug-likeness (QED) is 0.0469. The van der Waals surface area contributed by atoms with Crippen molar-refractivity contribution in [2.45, 2.75) is 19.6 Å². The van der Waals surface area contributed by atoms with Gasteiger partial charge in [-0.15, -0.1) is 15.3 Å². The second kappa shape index (κ2) is 27.8. The van der Waals surface area contributed by atoms with E-state index in [9.17, 15) is 74.4 Å². The number of allylic oxidation sites excluding steroid dienone is 2. The van der Waals surface area contributed by atoms with Gasteiger partial charge in [-0.05, 0) is 102 Å². The summed E-state index contributed by atoms with van der Waals surface area (Å²) in [6.45, 7) is 0. The van der Waals surface area contributed by atoms with Gasteiger partial charge < -0.3 is 22.8 Å². The van der Waals surface area contributed by atoms with Crippen molar-refractivity contribution in [2.75, 3.05) is 10.9 Å².